The van der Waals surface area contributed by atoms with Crippen LogP contribution in [-0.2, 0) is 0 Å². The number of nitrogens with zero attached hydrogens (tertiary/aromatic N) is 4. The summed E-state index contributed by atoms with van der Waals surface area (Å²) in [5.74, 6) is -0.324. The van der Waals surface area contributed by atoms with Gasteiger partial charge in [-0.2, -0.15) is 10.1 Å². The van der Waals surface area contributed by atoms with Gasteiger partial charge in [-0.25, -0.2) is 9.67 Å². The van der Waals surface area contributed by atoms with Gasteiger partial charge in [0.25, 0.3) is 11.9 Å². The Labute approximate surface area is 142 Å². The topological polar surface area (TPSA) is 126 Å². The number of aryl methyl sites for hydroxylation is 1. The largest absolute Gasteiger partial charge is 0.445 e. The molecule has 4 N–H and O–H groups in total. The number of carbonyl (C=O) groups is 1. The third kappa shape index (κ3) is 2.59. The molecule has 8 nitrogen and oxygen atoms in total. The highest BCUT2D eigenvalue weighted by atomic mass is 16.3. The van der Waals surface area contributed by atoms with Gasteiger partial charge in [0, 0.05) is 17.8 Å². The Morgan fingerprint density at radius 3 is 2.80 bits per heavy atom. The van der Waals surface area contributed by atoms with E-state index in [1.165, 1.54) is 10.7 Å². The maximum atomic E-state index is 11.2. The molecule has 8 heteroatoms. The van der Waals surface area contributed by atoms with Gasteiger partial charge in [0.05, 0.1) is 6.20 Å². The normalized spacial score (nSPS) is 11.1. The Bertz CT molecular complexity index is 1110. The number of hydrogen-bond donors (Lipinski definition) is 2. The Morgan fingerprint density at radius 2 is 2.04 bits per heavy atom. The van der Waals surface area contributed by atoms with Crippen molar-refractivity contribution in [2.45, 2.75) is 6.92 Å². The molecular weight excluding hydrogens is 320 g/mol. The first-order valence-corrected chi connectivity index (χ1v) is 7.50. The minimum absolute atomic E-state index is 0.0194. The van der Waals surface area contributed by atoms with Crippen LogP contribution in [0.25, 0.3) is 28.2 Å². The van der Waals surface area contributed by atoms with Crippen molar-refractivity contribution in [3.8, 4) is 17.1 Å². The van der Waals surface area contributed by atoms with Gasteiger partial charge in [-0.05, 0) is 12.5 Å². The number of furan rings is 1. The molecule has 3 aromatic heterocycles. The number of aromatic nitrogens is 4. The van der Waals surface area contributed by atoms with Crippen LogP contribution in [0.1, 0.15) is 16.1 Å². The van der Waals surface area contributed by atoms with E-state index in [1.54, 1.807) is 6.20 Å². The zero-order valence-electron chi connectivity index (χ0n) is 13.3. The van der Waals surface area contributed by atoms with E-state index >= 15 is 0 Å². The first-order chi connectivity index (χ1) is 12.0. The average molecular weight is 334 g/mol. The molecule has 1 amide bonds. The molecule has 0 fully saturated rings. The van der Waals surface area contributed by atoms with E-state index in [1.807, 2.05) is 31.3 Å². The molecule has 0 unspecified atom stereocenters. The van der Waals surface area contributed by atoms with Crippen LogP contribution in [0.4, 0.5) is 5.82 Å². The Morgan fingerprint density at radius 1 is 1.20 bits per heavy atom. The van der Waals surface area contributed by atoms with Crippen molar-refractivity contribution in [2.75, 3.05) is 5.73 Å². The second kappa shape index (κ2) is 5.45. The van der Waals surface area contributed by atoms with Crippen LogP contribution < -0.4 is 11.5 Å². The van der Waals surface area contributed by atoms with Crippen LogP contribution in [0, 0.1) is 6.92 Å². The van der Waals surface area contributed by atoms with E-state index in [9.17, 15) is 4.79 Å². The molecule has 0 aliphatic heterocycles. The molecule has 25 heavy (non-hydrogen) atoms. The molecule has 3 heterocycles. The molecule has 0 radical (unpaired) electrons. The minimum atomic E-state index is -0.695. The van der Waals surface area contributed by atoms with Crippen molar-refractivity contribution in [2.24, 2.45) is 5.73 Å². The molecule has 0 atom stereocenters. The van der Waals surface area contributed by atoms with Gasteiger partial charge in [-0.3, -0.25) is 4.79 Å². The summed E-state index contributed by atoms with van der Waals surface area (Å²) in [4.78, 5) is 19.8. The van der Waals surface area contributed by atoms with Crippen molar-refractivity contribution in [1.82, 2.24) is 19.7 Å². The smallest absolute Gasteiger partial charge is 0.284 e. The van der Waals surface area contributed by atoms with E-state index in [4.69, 9.17) is 15.9 Å². The van der Waals surface area contributed by atoms with Gasteiger partial charge >= 0.3 is 0 Å². The van der Waals surface area contributed by atoms with Crippen LogP contribution in [0.15, 0.2) is 47.1 Å². The van der Waals surface area contributed by atoms with Crippen molar-refractivity contribution in [3.63, 3.8) is 0 Å². The lowest BCUT2D eigenvalue weighted by atomic mass is 10.1. The van der Waals surface area contributed by atoms with Crippen LogP contribution in [0.3, 0.4) is 0 Å². The predicted octanol–water partition coefficient (Wildman–Crippen LogP) is 2.07. The number of rotatable bonds is 3. The molecule has 0 saturated carbocycles. The van der Waals surface area contributed by atoms with E-state index in [-0.39, 0.29) is 23.1 Å². The highest BCUT2D eigenvalue weighted by Crippen LogP contribution is 2.24. The van der Waals surface area contributed by atoms with Crippen LogP contribution in [-0.4, -0.2) is 25.7 Å². The molecule has 1 aromatic carbocycles. The lowest BCUT2D eigenvalue weighted by Crippen LogP contribution is -2.09. The summed E-state index contributed by atoms with van der Waals surface area (Å²) in [5.41, 5.74) is 14.9. The van der Waals surface area contributed by atoms with Gasteiger partial charge in [-0.15, -0.1) is 0 Å². The zero-order valence-corrected chi connectivity index (χ0v) is 13.3. The fourth-order valence-corrected chi connectivity index (χ4v) is 2.57. The van der Waals surface area contributed by atoms with Crippen LogP contribution >= 0.6 is 0 Å². The molecule has 0 bridgehead atoms. The third-order valence-electron chi connectivity index (χ3n) is 3.77. The lowest BCUT2D eigenvalue weighted by Gasteiger charge is -2.01. The average Bonchev–Trinajstić information content (AvgIpc) is 3.22. The molecule has 4 rings (SSSR count). The number of hydrogen-bond acceptors (Lipinski definition) is 6. The highest BCUT2D eigenvalue weighted by Gasteiger charge is 2.16. The first-order valence-electron chi connectivity index (χ1n) is 7.50. The number of nitrogens with two attached hydrogens (primary N) is 2. The summed E-state index contributed by atoms with van der Waals surface area (Å²) >= 11 is 0. The first kappa shape index (κ1) is 14.9. The van der Waals surface area contributed by atoms with Crippen molar-refractivity contribution in [1.29, 1.82) is 0 Å². The maximum absolute atomic E-state index is 11.2. The van der Waals surface area contributed by atoms with Crippen LogP contribution in [0.2, 0.25) is 0 Å². The monoisotopic (exact) mass is 334 g/mol. The fourth-order valence-electron chi connectivity index (χ4n) is 2.57. The van der Waals surface area contributed by atoms with Crippen molar-refractivity contribution >= 4 is 22.8 Å². The van der Waals surface area contributed by atoms with E-state index in [2.05, 4.69) is 21.1 Å². The Hall–Kier alpha value is -3.68. The number of fused-ring (bicyclic) bond motifs is 1. The minimum Gasteiger partial charge on any atom is -0.445 e. The van der Waals surface area contributed by atoms with Gasteiger partial charge in [0.2, 0.25) is 0 Å². The Balaban J connectivity index is 1.78. The van der Waals surface area contributed by atoms with E-state index < -0.39 is 5.91 Å². The number of amides is 1. The summed E-state index contributed by atoms with van der Waals surface area (Å²) < 4.78 is 6.80. The zero-order chi connectivity index (χ0) is 17.6. The number of anilines is 1. The fraction of sp³-hybridized carbons (Fsp3) is 0.0588. The van der Waals surface area contributed by atoms with Crippen molar-refractivity contribution in [3.05, 3.63) is 54.0 Å². The molecule has 0 spiro atoms. The van der Waals surface area contributed by atoms with Crippen LogP contribution in [0.5, 0.6) is 0 Å². The maximum Gasteiger partial charge on any atom is 0.284 e. The second-order valence-electron chi connectivity index (χ2n) is 5.64. The highest BCUT2D eigenvalue weighted by molar-refractivity contribution is 5.96. The summed E-state index contributed by atoms with van der Waals surface area (Å²) in [6, 6.07) is 9.52. The number of carbonyl (C=O) groups excluding carboxylic acids is 1. The van der Waals surface area contributed by atoms with Gasteiger partial charge in [-0.1, -0.05) is 29.8 Å². The van der Waals surface area contributed by atoms with E-state index in [0.29, 0.717) is 5.52 Å². The summed E-state index contributed by atoms with van der Waals surface area (Å²) in [6.45, 7) is 2.03. The molecule has 0 aliphatic rings. The summed E-state index contributed by atoms with van der Waals surface area (Å²) in [7, 11) is 0. The summed E-state index contributed by atoms with van der Waals surface area (Å²) in [5, 5.41) is 4.30. The van der Waals surface area contributed by atoms with Gasteiger partial charge < -0.3 is 15.9 Å². The molecule has 124 valence electrons. The summed E-state index contributed by atoms with van der Waals surface area (Å²) in [6.07, 6.45) is 3.53. The van der Waals surface area contributed by atoms with Gasteiger partial charge in [0.15, 0.2) is 17.2 Å². The van der Waals surface area contributed by atoms with Gasteiger partial charge in [0.1, 0.15) is 5.52 Å². The molecule has 0 saturated heterocycles. The number of benzene rings is 1. The number of primary amides is 1. The predicted molar refractivity (Wildman–Crippen MR) is 92.0 cm³/mol. The molecule has 4 aromatic rings. The van der Waals surface area contributed by atoms with E-state index in [0.717, 1.165) is 16.7 Å². The van der Waals surface area contributed by atoms with Crippen molar-refractivity contribution < 1.29 is 9.21 Å². The quantitative estimate of drug-likeness (QED) is 0.590. The third-order valence-corrected chi connectivity index (χ3v) is 3.77. The molecule has 0 aliphatic carbocycles. The standard InChI is InChI=1S/C17H14N6O2/c1-9-3-2-4-10(5-9)11-7-20-23(8-11)17-21-12-6-13(16(19)24)25-14(12)15(18)22-17/h2-8H,1H3,(H2,19,24)(H2,18,21,22). The SMILES string of the molecule is Cc1cccc(-c2cnn(-c3nc(N)c4oc(C(N)=O)cc4n3)c2)c1. The second-order valence-corrected chi connectivity index (χ2v) is 5.64. The lowest BCUT2D eigenvalue weighted by molar-refractivity contribution is 0.0976. The number of nitrogen functional groups attached to an aromatic ring is 1. The Kier molecular flexibility index (Phi) is 3.24. The molecular formula is C17H14N6O2.